The largest absolute Gasteiger partial charge is 0.573 e. The van der Waals surface area contributed by atoms with Crippen LogP contribution in [0.15, 0.2) is 42.6 Å². The van der Waals surface area contributed by atoms with Gasteiger partial charge in [-0.25, -0.2) is 22.9 Å². The second kappa shape index (κ2) is 11.2. The first-order valence-electron chi connectivity index (χ1n) is 11.4. The maximum absolute atomic E-state index is 15.2. The predicted molar refractivity (Wildman–Crippen MR) is 115 cm³/mol. The Morgan fingerprint density at radius 1 is 1.03 bits per heavy atom. The molecule has 3 aromatic rings. The van der Waals surface area contributed by atoms with Gasteiger partial charge >= 0.3 is 12.3 Å². The van der Waals surface area contributed by atoms with E-state index in [-0.39, 0.29) is 11.4 Å². The number of ether oxygens (including phenoxy) is 4. The maximum Gasteiger partial charge on any atom is 0.573 e. The quantitative estimate of drug-likeness (QED) is 0.270. The van der Waals surface area contributed by atoms with E-state index in [0.29, 0.717) is 24.3 Å². The lowest BCUT2D eigenvalue weighted by Gasteiger charge is -2.17. The molecule has 0 spiro atoms. The fraction of sp³-hybridized carbons (Fsp3) is 0.174. The van der Waals surface area contributed by atoms with Gasteiger partial charge in [0.2, 0.25) is 11.6 Å². The molecule has 1 aromatic heterocycles. The van der Waals surface area contributed by atoms with E-state index in [0.717, 1.165) is 25.4 Å². The summed E-state index contributed by atoms with van der Waals surface area (Å²) in [7, 11) is -2.42. The molecule has 0 saturated heterocycles. The number of pyridine rings is 1. The summed E-state index contributed by atoms with van der Waals surface area (Å²) in [6.07, 6.45) is -7.79. The van der Waals surface area contributed by atoms with E-state index in [4.69, 9.17) is 8.85 Å². The molecule has 15 heteroatoms. The highest BCUT2D eigenvalue weighted by Gasteiger charge is 2.34. The molecule has 0 radical (unpaired) electrons. The van der Waals surface area contributed by atoms with E-state index in [1.165, 1.54) is 0 Å². The number of carbonyl (C=O) groups is 2. The third-order valence-corrected chi connectivity index (χ3v) is 4.58. The summed E-state index contributed by atoms with van der Waals surface area (Å²) >= 11 is 0. The van der Waals surface area contributed by atoms with Gasteiger partial charge in [-0.3, -0.25) is 4.79 Å². The van der Waals surface area contributed by atoms with E-state index in [1.54, 1.807) is 0 Å². The van der Waals surface area contributed by atoms with Crippen molar-refractivity contribution in [1.82, 2.24) is 4.98 Å². The Kier molecular flexibility index (Phi) is 7.04. The minimum Gasteiger partial charge on any atom is -0.490 e. The van der Waals surface area contributed by atoms with Crippen LogP contribution in [-0.2, 0) is 4.74 Å². The molecule has 0 fully saturated rings. The minimum atomic E-state index is -5.40. The van der Waals surface area contributed by atoms with Gasteiger partial charge in [-0.15, -0.1) is 13.2 Å². The Hall–Kier alpha value is -4.56. The summed E-state index contributed by atoms with van der Waals surface area (Å²) in [6, 6.07) is 4.17. The number of carbonyl (C=O) groups excluding carboxylic acids is 2. The molecule has 8 nitrogen and oxygen atoms in total. The van der Waals surface area contributed by atoms with Crippen molar-refractivity contribution in [3.63, 3.8) is 0 Å². The van der Waals surface area contributed by atoms with Gasteiger partial charge in [0.15, 0.2) is 11.5 Å². The summed E-state index contributed by atoms with van der Waals surface area (Å²) in [5.74, 6) is -11.1. The number of aromatic nitrogens is 1. The molecule has 0 aliphatic rings. The molecule has 1 heterocycles. The third kappa shape index (κ3) is 6.22. The monoisotopic (exact) mass is 551 g/mol. The Morgan fingerprint density at radius 2 is 1.71 bits per heavy atom. The van der Waals surface area contributed by atoms with Crippen LogP contribution in [-0.4, -0.2) is 37.4 Å². The van der Waals surface area contributed by atoms with Crippen LogP contribution >= 0.6 is 0 Å². The fourth-order valence-electron chi connectivity index (χ4n) is 2.98. The van der Waals surface area contributed by atoms with Crippen molar-refractivity contribution >= 4 is 17.6 Å². The zero-order valence-corrected chi connectivity index (χ0v) is 18.7. The van der Waals surface area contributed by atoms with Gasteiger partial charge in [-0.1, -0.05) is 0 Å². The van der Waals surface area contributed by atoms with Crippen molar-refractivity contribution in [2.75, 3.05) is 19.5 Å². The number of rotatable bonds is 8. The number of hydrogen-bond donors (Lipinski definition) is 1. The molecule has 1 N–H and O–H groups in total. The van der Waals surface area contributed by atoms with Crippen LogP contribution in [0.5, 0.6) is 23.0 Å². The topological polar surface area (TPSA) is 96.0 Å². The number of amides is 1. The number of halogens is 7. The molecule has 202 valence electrons. The highest BCUT2D eigenvalue weighted by molar-refractivity contribution is 6.07. The van der Waals surface area contributed by atoms with E-state index in [9.17, 15) is 35.9 Å². The predicted octanol–water partition coefficient (Wildman–Crippen LogP) is 6.04. The lowest BCUT2D eigenvalue weighted by Crippen LogP contribution is -2.18. The first-order valence-corrected chi connectivity index (χ1v) is 9.92. The second-order valence-corrected chi connectivity index (χ2v) is 6.97. The molecular formula is C23H15F7N2O6. The van der Waals surface area contributed by atoms with Crippen LogP contribution in [0, 0.1) is 11.6 Å². The molecule has 0 unspecified atom stereocenters. The Balaban J connectivity index is 2.11. The number of benzene rings is 2. The summed E-state index contributed by atoms with van der Waals surface area (Å²) in [6.45, 7) is 0. The van der Waals surface area contributed by atoms with Crippen LogP contribution in [0.2, 0.25) is 0 Å². The van der Waals surface area contributed by atoms with E-state index < -0.39 is 77.5 Å². The molecule has 2 aromatic carbocycles. The lowest BCUT2D eigenvalue weighted by molar-refractivity contribution is -0.275. The van der Waals surface area contributed by atoms with Crippen LogP contribution in [0.1, 0.15) is 36.9 Å². The first-order chi connectivity index (χ1) is 19.0. The van der Waals surface area contributed by atoms with E-state index in [1.807, 2.05) is 0 Å². The molecule has 0 bridgehead atoms. The second-order valence-electron chi connectivity index (χ2n) is 6.97. The van der Waals surface area contributed by atoms with Crippen LogP contribution in [0.25, 0.3) is 0 Å². The Bertz CT molecular complexity index is 1470. The number of esters is 1. The molecule has 0 atom stereocenters. The first kappa shape index (κ1) is 23.8. The highest BCUT2D eigenvalue weighted by Crippen LogP contribution is 2.41. The number of hydrogen-bond acceptors (Lipinski definition) is 7. The van der Waals surface area contributed by atoms with Crippen molar-refractivity contribution in [3.8, 4) is 23.0 Å². The molecule has 0 aliphatic heterocycles. The zero-order valence-electron chi connectivity index (χ0n) is 21.7. The van der Waals surface area contributed by atoms with Gasteiger partial charge in [-0.2, -0.15) is 4.39 Å². The molecule has 1 amide bonds. The van der Waals surface area contributed by atoms with E-state index in [2.05, 4.69) is 24.5 Å². The lowest BCUT2D eigenvalue weighted by atomic mass is 10.1. The van der Waals surface area contributed by atoms with Gasteiger partial charge in [0, 0.05) is 11.9 Å². The van der Waals surface area contributed by atoms with Gasteiger partial charge in [-0.05, 0) is 36.4 Å². The Labute approximate surface area is 213 Å². The van der Waals surface area contributed by atoms with E-state index >= 15 is 4.39 Å². The van der Waals surface area contributed by atoms with Crippen molar-refractivity contribution in [2.45, 2.75) is 12.8 Å². The zero-order chi connectivity index (χ0) is 30.7. The summed E-state index contributed by atoms with van der Waals surface area (Å²) in [4.78, 5) is 28.4. The van der Waals surface area contributed by atoms with Crippen molar-refractivity contribution in [3.05, 3.63) is 71.1 Å². The highest BCUT2D eigenvalue weighted by atomic mass is 19.4. The molecule has 0 aliphatic carbocycles. The molecule has 0 saturated carbocycles. The van der Waals surface area contributed by atoms with Crippen molar-refractivity contribution < 1.29 is 63.4 Å². The van der Waals surface area contributed by atoms with Gasteiger partial charge in [0.1, 0.15) is 22.8 Å². The SMILES string of the molecule is [2H]C([2H])([2H])Oc1c(Oc2ccc(C(F)F)c(F)c2C(=O)Nc2ccnc(C(=O)OC)c2)ccc(OC(F)(F)F)c1F. The number of nitrogens with zero attached hydrogens (tertiary/aromatic N) is 1. The van der Waals surface area contributed by atoms with Crippen molar-refractivity contribution in [1.29, 1.82) is 0 Å². The fourth-order valence-corrected chi connectivity index (χ4v) is 2.98. The standard InChI is InChI=1S/C23H15F7N2O6/c1-35-19-15(6-5-14(18(19)25)38-23(28,29)30)37-13-4-3-11(20(26)27)17(24)16(13)21(33)32-10-7-8-31-12(9-10)22(34)36-2/h3-9,20H,1-2H3,(H,31,32,33)/i1D3. The van der Waals surface area contributed by atoms with Crippen LogP contribution < -0.4 is 19.5 Å². The van der Waals surface area contributed by atoms with Gasteiger partial charge in [0.05, 0.1) is 23.8 Å². The average molecular weight is 551 g/mol. The summed E-state index contributed by atoms with van der Waals surface area (Å²) < 4.78 is 134. The van der Waals surface area contributed by atoms with Gasteiger partial charge < -0.3 is 24.3 Å². The summed E-state index contributed by atoms with van der Waals surface area (Å²) in [5.41, 5.74) is -2.97. The number of alkyl halides is 5. The Morgan fingerprint density at radius 3 is 2.34 bits per heavy atom. The smallest absolute Gasteiger partial charge is 0.490 e. The number of nitrogens with one attached hydrogen (secondary N) is 1. The third-order valence-electron chi connectivity index (χ3n) is 4.58. The van der Waals surface area contributed by atoms with Crippen LogP contribution in [0.4, 0.5) is 36.4 Å². The normalized spacial score (nSPS) is 12.7. The average Bonchev–Trinajstić information content (AvgIpc) is 2.86. The summed E-state index contributed by atoms with van der Waals surface area (Å²) in [5, 5.41) is 2.12. The molecular weight excluding hydrogens is 533 g/mol. The van der Waals surface area contributed by atoms with Gasteiger partial charge in [0.25, 0.3) is 12.3 Å². The van der Waals surface area contributed by atoms with Crippen molar-refractivity contribution in [2.24, 2.45) is 0 Å². The van der Waals surface area contributed by atoms with Crippen LogP contribution in [0.3, 0.4) is 0 Å². The number of anilines is 1. The minimum absolute atomic E-state index is 0.190. The molecule has 38 heavy (non-hydrogen) atoms. The maximum atomic E-state index is 15.2. The number of methoxy groups -OCH3 is 2. The molecule has 3 rings (SSSR count).